The van der Waals surface area contributed by atoms with Gasteiger partial charge in [0.05, 0.1) is 10.7 Å². The molecular weight excluding hydrogens is 621 g/mol. The van der Waals surface area contributed by atoms with Crippen molar-refractivity contribution in [2.45, 2.75) is 13.5 Å². The zero-order valence-corrected chi connectivity index (χ0v) is 24.0. The lowest BCUT2D eigenvalue weighted by Gasteiger charge is -2.14. The van der Waals surface area contributed by atoms with Crippen LogP contribution in [-0.2, 0) is 16.2 Å². The van der Waals surface area contributed by atoms with E-state index in [-0.39, 0.29) is 5.70 Å². The topological polar surface area (TPSA) is 97.0 Å². The van der Waals surface area contributed by atoms with Gasteiger partial charge in [0.15, 0.2) is 11.5 Å². The van der Waals surface area contributed by atoms with Crippen LogP contribution in [-0.4, -0.2) is 36.4 Å². The van der Waals surface area contributed by atoms with Gasteiger partial charge in [0.25, 0.3) is 5.91 Å². The molecule has 40 heavy (non-hydrogen) atoms. The van der Waals surface area contributed by atoms with Gasteiger partial charge in [0, 0.05) is 5.69 Å². The van der Waals surface area contributed by atoms with Crippen LogP contribution in [0, 0.1) is 10.5 Å². The van der Waals surface area contributed by atoms with Crippen molar-refractivity contribution in [3.05, 3.63) is 105 Å². The van der Waals surface area contributed by atoms with Crippen molar-refractivity contribution in [1.82, 2.24) is 10.2 Å². The van der Waals surface area contributed by atoms with Crippen LogP contribution in [0.15, 0.2) is 84.6 Å². The molecule has 0 atom stereocenters. The summed E-state index contributed by atoms with van der Waals surface area (Å²) in [5, 5.41) is 7.55. The molecule has 0 radical (unpaired) electrons. The number of benzene rings is 4. The van der Waals surface area contributed by atoms with Crippen molar-refractivity contribution < 1.29 is 23.9 Å². The average Bonchev–Trinajstić information content (AvgIpc) is 3.20. The summed E-state index contributed by atoms with van der Waals surface area (Å²) in [7, 11) is 1.54. The largest absolute Gasteiger partial charge is 0.493 e. The van der Waals surface area contributed by atoms with Crippen molar-refractivity contribution in [3.8, 4) is 11.5 Å². The lowest BCUT2D eigenvalue weighted by molar-refractivity contribution is -0.127. The first-order valence-electron chi connectivity index (χ1n) is 12.5. The highest BCUT2D eigenvalue weighted by atomic mass is 127. The highest BCUT2D eigenvalue weighted by Crippen LogP contribution is 2.35. The normalized spacial score (nSPS) is 14.0. The minimum atomic E-state index is -0.660. The number of urea groups is 1. The molecule has 0 saturated carbocycles. The Hall–Kier alpha value is -4.38. The van der Waals surface area contributed by atoms with E-state index in [1.54, 1.807) is 31.4 Å². The average molecular weight is 647 g/mol. The van der Waals surface area contributed by atoms with Crippen LogP contribution >= 0.6 is 22.6 Å². The zero-order chi connectivity index (χ0) is 28.2. The SMILES string of the molecule is COc1cc(/C=C2/NC(=O)N(CC(=O)Nc3ccc(C)cc3)C2=O)cc(I)c1OCc1ccc2ccccc2c1. The number of aryl methyl sites for hydroxylation is 1. The highest BCUT2D eigenvalue weighted by molar-refractivity contribution is 14.1. The number of rotatable bonds is 8. The molecule has 0 unspecified atom stereocenters. The Kier molecular flexibility index (Phi) is 8.01. The standard InChI is InChI=1S/C31H26IN3O5/c1-19-7-11-24(12-8-19)33-28(36)17-35-30(37)26(34-31(35)38)15-21-14-25(32)29(27(16-21)39-2)40-18-20-9-10-22-5-3-4-6-23(22)13-20/h3-16H,17-18H2,1-2H3,(H,33,36)(H,34,38)/b26-15+. The number of hydrogen-bond donors (Lipinski definition) is 2. The number of anilines is 1. The van der Waals surface area contributed by atoms with E-state index in [4.69, 9.17) is 9.47 Å². The Bertz CT molecular complexity index is 1650. The third-order valence-corrected chi connectivity index (χ3v) is 7.16. The molecule has 1 aliphatic rings. The van der Waals surface area contributed by atoms with Gasteiger partial charge in [-0.1, -0.05) is 54.1 Å². The molecule has 0 aliphatic carbocycles. The van der Waals surface area contributed by atoms with Gasteiger partial charge in [-0.25, -0.2) is 9.69 Å². The van der Waals surface area contributed by atoms with Crippen molar-refractivity contribution in [2.75, 3.05) is 19.0 Å². The van der Waals surface area contributed by atoms with E-state index in [2.05, 4.69) is 57.5 Å². The molecule has 1 fully saturated rings. The number of hydrogen-bond acceptors (Lipinski definition) is 5. The van der Waals surface area contributed by atoms with E-state index >= 15 is 0 Å². The van der Waals surface area contributed by atoms with E-state index in [1.165, 1.54) is 0 Å². The number of amides is 4. The van der Waals surface area contributed by atoms with Crippen molar-refractivity contribution >= 4 is 63.0 Å². The van der Waals surface area contributed by atoms with Crippen LogP contribution in [0.4, 0.5) is 10.5 Å². The first-order valence-corrected chi connectivity index (χ1v) is 13.6. The number of nitrogens with zero attached hydrogens (tertiary/aromatic N) is 1. The number of halogens is 1. The maximum absolute atomic E-state index is 12.9. The molecule has 0 aromatic heterocycles. The number of fused-ring (bicyclic) bond motifs is 1. The maximum Gasteiger partial charge on any atom is 0.329 e. The Morgan fingerprint density at radius 3 is 2.50 bits per heavy atom. The molecule has 1 heterocycles. The number of ether oxygens (including phenoxy) is 2. The summed E-state index contributed by atoms with van der Waals surface area (Å²) < 4.78 is 12.5. The minimum Gasteiger partial charge on any atom is -0.493 e. The smallest absolute Gasteiger partial charge is 0.329 e. The molecule has 4 amide bonds. The Labute approximate surface area is 245 Å². The van der Waals surface area contributed by atoms with Crippen molar-refractivity contribution in [3.63, 3.8) is 0 Å². The van der Waals surface area contributed by atoms with Gasteiger partial charge in [0.2, 0.25) is 5.91 Å². The molecule has 8 nitrogen and oxygen atoms in total. The zero-order valence-electron chi connectivity index (χ0n) is 21.9. The number of carbonyl (C=O) groups is 3. The van der Waals surface area contributed by atoms with E-state index in [1.807, 2.05) is 43.3 Å². The summed E-state index contributed by atoms with van der Waals surface area (Å²) in [5.74, 6) is 0.00707. The lowest BCUT2D eigenvalue weighted by Crippen LogP contribution is -2.38. The molecule has 2 N–H and O–H groups in total. The highest BCUT2D eigenvalue weighted by Gasteiger charge is 2.35. The molecule has 0 bridgehead atoms. The second kappa shape index (κ2) is 11.8. The Balaban J connectivity index is 1.28. The van der Waals surface area contributed by atoms with Crippen LogP contribution in [0.2, 0.25) is 0 Å². The van der Waals surface area contributed by atoms with E-state index < -0.39 is 24.4 Å². The number of carbonyl (C=O) groups excluding carboxylic acids is 3. The Morgan fingerprint density at radius 2 is 1.75 bits per heavy atom. The van der Waals surface area contributed by atoms with Crippen LogP contribution in [0.1, 0.15) is 16.7 Å². The number of nitrogens with one attached hydrogen (secondary N) is 2. The third-order valence-electron chi connectivity index (χ3n) is 6.36. The fourth-order valence-corrected chi connectivity index (χ4v) is 5.09. The monoisotopic (exact) mass is 647 g/mol. The first-order chi connectivity index (χ1) is 19.3. The van der Waals surface area contributed by atoms with E-state index in [0.29, 0.717) is 29.4 Å². The van der Waals surface area contributed by atoms with Gasteiger partial charge < -0.3 is 20.1 Å². The van der Waals surface area contributed by atoms with Gasteiger partial charge in [-0.3, -0.25) is 9.59 Å². The summed E-state index contributed by atoms with van der Waals surface area (Å²) in [4.78, 5) is 38.8. The fraction of sp³-hybridized carbons (Fsp3) is 0.129. The van der Waals surface area contributed by atoms with Gasteiger partial charge in [0.1, 0.15) is 18.8 Å². The van der Waals surface area contributed by atoms with Crippen LogP contribution in [0.3, 0.4) is 0 Å². The van der Waals surface area contributed by atoms with Crippen LogP contribution < -0.4 is 20.1 Å². The molecule has 1 aliphatic heterocycles. The quantitative estimate of drug-likeness (QED) is 0.142. The summed E-state index contributed by atoms with van der Waals surface area (Å²) in [6.07, 6.45) is 1.55. The second-order valence-corrected chi connectivity index (χ2v) is 10.5. The summed E-state index contributed by atoms with van der Waals surface area (Å²) in [5.41, 5.74) is 3.36. The lowest BCUT2D eigenvalue weighted by atomic mass is 10.1. The molecule has 4 aromatic carbocycles. The molecule has 0 spiro atoms. The summed E-state index contributed by atoms with van der Waals surface area (Å²) >= 11 is 2.15. The first kappa shape index (κ1) is 27.2. The van der Waals surface area contributed by atoms with E-state index in [9.17, 15) is 14.4 Å². The van der Waals surface area contributed by atoms with Crippen LogP contribution in [0.5, 0.6) is 11.5 Å². The molecule has 202 valence electrons. The molecular formula is C31H26IN3O5. The molecule has 5 rings (SSSR count). The fourth-order valence-electron chi connectivity index (χ4n) is 4.31. The minimum absolute atomic E-state index is 0.0656. The van der Waals surface area contributed by atoms with Gasteiger partial charge in [-0.15, -0.1) is 0 Å². The van der Waals surface area contributed by atoms with Gasteiger partial charge in [-0.05, 0) is 87.8 Å². The second-order valence-electron chi connectivity index (χ2n) is 9.30. The van der Waals surface area contributed by atoms with Crippen molar-refractivity contribution in [1.29, 1.82) is 0 Å². The van der Waals surface area contributed by atoms with E-state index in [0.717, 1.165) is 30.4 Å². The van der Waals surface area contributed by atoms with Gasteiger partial charge >= 0.3 is 6.03 Å². The molecule has 1 saturated heterocycles. The number of methoxy groups -OCH3 is 1. The third kappa shape index (κ3) is 6.09. The van der Waals surface area contributed by atoms with Gasteiger partial charge in [-0.2, -0.15) is 0 Å². The predicted molar refractivity (Wildman–Crippen MR) is 162 cm³/mol. The maximum atomic E-state index is 12.9. The molecule has 9 heteroatoms. The number of imide groups is 1. The van der Waals surface area contributed by atoms with Crippen LogP contribution in [0.25, 0.3) is 16.8 Å². The van der Waals surface area contributed by atoms with Crippen molar-refractivity contribution in [2.24, 2.45) is 0 Å². The summed E-state index contributed by atoms with van der Waals surface area (Å²) in [6, 6.07) is 24.5. The Morgan fingerprint density at radius 1 is 1.00 bits per heavy atom. The summed E-state index contributed by atoms with van der Waals surface area (Å²) in [6.45, 7) is 1.89. The predicted octanol–water partition coefficient (Wildman–Crippen LogP) is 5.87. The molecule has 4 aromatic rings.